The van der Waals surface area contributed by atoms with Crippen molar-refractivity contribution in [2.75, 3.05) is 19.4 Å². The number of urea groups is 1. The average Bonchev–Trinajstić information content (AvgIpc) is 2.62. The topological polar surface area (TPSA) is 142 Å². The molecular formula is C10H18N4O6S. The van der Waals surface area contributed by atoms with E-state index in [2.05, 4.69) is 9.46 Å². The Morgan fingerprint density at radius 1 is 1.57 bits per heavy atom. The second-order valence-electron chi connectivity index (χ2n) is 5.06. The number of hydroxylamine groups is 2. The summed E-state index contributed by atoms with van der Waals surface area (Å²) in [6.07, 6.45) is -0.0818. The van der Waals surface area contributed by atoms with E-state index in [4.69, 9.17) is 5.73 Å². The van der Waals surface area contributed by atoms with Gasteiger partial charge in [-0.15, -0.1) is 0 Å². The summed E-state index contributed by atoms with van der Waals surface area (Å²) in [6.45, 7) is 0.298. The SMILES string of the molecule is COC(=O)CS(=O)(=O)NC(N)[C@@H]1CC[C@@H]2CN1C(=O)N2O. The van der Waals surface area contributed by atoms with Crippen LogP contribution in [0.3, 0.4) is 0 Å². The molecule has 10 nitrogen and oxygen atoms in total. The van der Waals surface area contributed by atoms with E-state index in [0.29, 0.717) is 24.4 Å². The van der Waals surface area contributed by atoms with Gasteiger partial charge in [0, 0.05) is 6.54 Å². The summed E-state index contributed by atoms with van der Waals surface area (Å²) < 4.78 is 30.0. The maximum Gasteiger partial charge on any atom is 0.344 e. The lowest BCUT2D eigenvalue weighted by atomic mass is 9.99. The van der Waals surface area contributed by atoms with Crippen LogP contribution in [0.4, 0.5) is 4.79 Å². The van der Waals surface area contributed by atoms with E-state index < -0.39 is 40.0 Å². The number of carbonyl (C=O) groups excluding carboxylic acids is 2. The Kier molecular flexibility index (Phi) is 4.37. The first-order valence-corrected chi connectivity index (χ1v) is 8.01. The number of piperidine rings is 1. The van der Waals surface area contributed by atoms with Crippen molar-refractivity contribution >= 4 is 22.0 Å². The molecule has 2 saturated heterocycles. The third kappa shape index (κ3) is 3.26. The van der Waals surface area contributed by atoms with E-state index in [9.17, 15) is 23.2 Å². The monoisotopic (exact) mass is 322 g/mol. The number of sulfonamides is 1. The van der Waals surface area contributed by atoms with Gasteiger partial charge in [0.05, 0.1) is 25.4 Å². The zero-order valence-electron chi connectivity index (χ0n) is 11.4. The standard InChI is InChI=1S/C10H18N4O6S/c1-20-8(15)5-21(18,19)12-9(11)7-3-2-6-4-13(7)10(16)14(6)17/h6-7,9,12,17H,2-5,11H2,1H3/t6-,7+,9?/m1/s1. The molecule has 3 atom stereocenters. The molecule has 0 radical (unpaired) electrons. The number of hydrogen-bond donors (Lipinski definition) is 3. The summed E-state index contributed by atoms with van der Waals surface area (Å²) in [7, 11) is -2.87. The first kappa shape index (κ1) is 15.9. The molecule has 0 spiro atoms. The highest BCUT2D eigenvalue weighted by molar-refractivity contribution is 7.90. The minimum atomic E-state index is -3.95. The zero-order chi connectivity index (χ0) is 15.8. The second-order valence-corrected chi connectivity index (χ2v) is 6.81. The number of nitrogens with zero attached hydrogens (tertiary/aromatic N) is 2. The Labute approximate surface area is 121 Å². The lowest BCUT2D eigenvalue weighted by Gasteiger charge is -2.34. The van der Waals surface area contributed by atoms with Crippen LogP contribution in [0.2, 0.25) is 0 Å². The van der Waals surface area contributed by atoms with Gasteiger partial charge in [0.2, 0.25) is 10.0 Å². The van der Waals surface area contributed by atoms with Gasteiger partial charge in [-0.2, -0.15) is 4.72 Å². The predicted molar refractivity (Wildman–Crippen MR) is 69.5 cm³/mol. The molecule has 2 amide bonds. The number of hydrogen-bond acceptors (Lipinski definition) is 7. The molecule has 2 rings (SSSR count). The Hall–Kier alpha value is -1.43. The molecule has 0 aromatic carbocycles. The third-order valence-electron chi connectivity index (χ3n) is 3.66. The van der Waals surface area contributed by atoms with Crippen LogP contribution in [0.5, 0.6) is 0 Å². The zero-order valence-corrected chi connectivity index (χ0v) is 12.2. The number of amides is 2. The summed E-state index contributed by atoms with van der Waals surface area (Å²) in [4.78, 5) is 24.1. The summed E-state index contributed by atoms with van der Waals surface area (Å²) in [6, 6.07) is -1.45. The minimum absolute atomic E-state index is 0.285. The number of rotatable bonds is 5. The fourth-order valence-electron chi connectivity index (χ4n) is 2.60. The number of nitrogens with one attached hydrogen (secondary N) is 1. The van der Waals surface area contributed by atoms with E-state index in [1.54, 1.807) is 0 Å². The van der Waals surface area contributed by atoms with Crippen molar-refractivity contribution in [1.29, 1.82) is 0 Å². The summed E-state index contributed by atoms with van der Waals surface area (Å²) >= 11 is 0. The maximum atomic E-state index is 11.8. The lowest BCUT2D eigenvalue weighted by Crippen LogP contribution is -2.58. The Morgan fingerprint density at radius 2 is 2.24 bits per heavy atom. The van der Waals surface area contributed by atoms with Crippen molar-refractivity contribution in [2.45, 2.75) is 31.1 Å². The molecular weight excluding hydrogens is 304 g/mol. The fourth-order valence-corrected chi connectivity index (χ4v) is 3.68. The third-order valence-corrected chi connectivity index (χ3v) is 4.90. The van der Waals surface area contributed by atoms with Crippen molar-refractivity contribution in [1.82, 2.24) is 14.7 Å². The molecule has 2 aliphatic heterocycles. The van der Waals surface area contributed by atoms with Crippen molar-refractivity contribution in [3.8, 4) is 0 Å². The van der Waals surface area contributed by atoms with E-state index in [1.165, 1.54) is 4.90 Å². The van der Waals surface area contributed by atoms with Crippen LogP contribution >= 0.6 is 0 Å². The highest BCUT2D eigenvalue weighted by Crippen LogP contribution is 2.29. The van der Waals surface area contributed by atoms with Crippen LogP contribution in [-0.4, -0.2) is 73.2 Å². The van der Waals surface area contributed by atoms with Crippen LogP contribution in [0.1, 0.15) is 12.8 Å². The highest BCUT2D eigenvalue weighted by atomic mass is 32.2. The van der Waals surface area contributed by atoms with E-state index in [0.717, 1.165) is 7.11 Å². The number of ether oxygens (including phenoxy) is 1. The van der Waals surface area contributed by atoms with Crippen molar-refractivity contribution in [2.24, 2.45) is 5.73 Å². The summed E-state index contributed by atoms with van der Waals surface area (Å²) in [5.74, 6) is -1.75. The molecule has 2 aliphatic rings. The smallest absolute Gasteiger partial charge is 0.344 e. The molecule has 21 heavy (non-hydrogen) atoms. The van der Waals surface area contributed by atoms with Crippen LogP contribution < -0.4 is 10.5 Å². The number of carbonyl (C=O) groups is 2. The first-order chi connectivity index (χ1) is 9.75. The molecule has 0 aliphatic carbocycles. The Balaban J connectivity index is 2.02. The van der Waals surface area contributed by atoms with E-state index in [1.807, 2.05) is 0 Å². The van der Waals surface area contributed by atoms with Gasteiger partial charge in [0.1, 0.15) is 0 Å². The van der Waals surface area contributed by atoms with Gasteiger partial charge in [0.25, 0.3) is 0 Å². The number of methoxy groups -OCH3 is 1. The second kappa shape index (κ2) is 5.75. The summed E-state index contributed by atoms with van der Waals surface area (Å²) in [5.41, 5.74) is 5.81. The summed E-state index contributed by atoms with van der Waals surface area (Å²) in [5, 5.41) is 10.2. The molecule has 0 aromatic rings. The Bertz CT molecular complexity index is 538. The van der Waals surface area contributed by atoms with Crippen LogP contribution in [0, 0.1) is 0 Å². The van der Waals surface area contributed by atoms with Gasteiger partial charge >= 0.3 is 12.0 Å². The highest BCUT2D eigenvalue weighted by Gasteiger charge is 2.46. The van der Waals surface area contributed by atoms with Crippen LogP contribution in [0.25, 0.3) is 0 Å². The van der Waals surface area contributed by atoms with Gasteiger partial charge in [-0.1, -0.05) is 0 Å². The first-order valence-electron chi connectivity index (χ1n) is 6.36. The number of nitrogens with two attached hydrogens (primary N) is 1. The Morgan fingerprint density at radius 3 is 2.86 bits per heavy atom. The molecule has 1 unspecified atom stereocenters. The van der Waals surface area contributed by atoms with Gasteiger partial charge in [-0.3, -0.25) is 10.0 Å². The van der Waals surface area contributed by atoms with Crippen LogP contribution in [-0.2, 0) is 19.6 Å². The molecule has 11 heteroatoms. The van der Waals surface area contributed by atoms with E-state index >= 15 is 0 Å². The molecule has 2 heterocycles. The van der Waals surface area contributed by atoms with Crippen LogP contribution in [0.15, 0.2) is 0 Å². The molecule has 0 aromatic heterocycles. The lowest BCUT2D eigenvalue weighted by molar-refractivity contribution is -0.137. The van der Waals surface area contributed by atoms with Crippen molar-refractivity contribution in [3.63, 3.8) is 0 Å². The molecule has 120 valence electrons. The normalized spacial score (nSPS) is 26.9. The quantitative estimate of drug-likeness (QED) is 0.302. The molecule has 4 N–H and O–H groups in total. The van der Waals surface area contributed by atoms with Crippen molar-refractivity contribution in [3.05, 3.63) is 0 Å². The molecule has 2 fully saturated rings. The average molecular weight is 322 g/mol. The van der Waals surface area contributed by atoms with E-state index in [-0.39, 0.29) is 6.04 Å². The van der Waals surface area contributed by atoms with Gasteiger partial charge in [-0.25, -0.2) is 18.3 Å². The number of fused-ring (bicyclic) bond motifs is 2. The van der Waals surface area contributed by atoms with Gasteiger partial charge in [-0.05, 0) is 12.8 Å². The minimum Gasteiger partial charge on any atom is -0.468 e. The van der Waals surface area contributed by atoms with Crippen molar-refractivity contribution < 1.29 is 28.0 Å². The fraction of sp³-hybridized carbons (Fsp3) is 0.800. The maximum absolute atomic E-state index is 11.8. The predicted octanol–water partition coefficient (Wildman–Crippen LogP) is -1.98. The molecule has 0 saturated carbocycles. The van der Waals surface area contributed by atoms with Gasteiger partial charge < -0.3 is 15.4 Å². The van der Waals surface area contributed by atoms with Gasteiger partial charge in [0.15, 0.2) is 5.75 Å². The molecule has 2 bridgehead atoms. The largest absolute Gasteiger partial charge is 0.468 e. The number of esters is 1.